The number of rotatable bonds is 4. The number of nitrogens with one attached hydrogen (secondary N) is 1. The first-order chi connectivity index (χ1) is 9.51. The van der Waals surface area contributed by atoms with Gasteiger partial charge in [0.2, 0.25) is 0 Å². The Morgan fingerprint density at radius 3 is 2.55 bits per heavy atom. The van der Waals surface area contributed by atoms with Gasteiger partial charge in [-0.3, -0.25) is 4.79 Å². The molecule has 6 heteroatoms. The Morgan fingerprint density at radius 2 is 2.00 bits per heavy atom. The SMILES string of the molecule is COc1ccc(NC(=O)c2ccc(C)o2)c(C(=O)O)c1. The van der Waals surface area contributed by atoms with Gasteiger partial charge in [0.1, 0.15) is 11.5 Å². The minimum Gasteiger partial charge on any atom is -0.497 e. The minimum absolute atomic E-state index is 0.0546. The maximum Gasteiger partial charge on any atom is 0.337 e. The van der Waals surface area contributed by atoms with E-state index >= 15 is 0 Å². The number of hydrogen-bond acceptors (Lipinski definition) is 4. The van der Waals surface area contributed by atoms with Crippen LogP contribution in [0.5, 0.6) is 5.75 Å². The standard InChI is InChI=1S/C14H13NO5/c1-8-3-6-12(20-8)13(16)15-11-5-4-9(19-2)7-10(11)14(17)18/h3-7H,1-2H3,(H,15,16)(H,17,18). The second-order valence-corrected chi connectivity index (χ2v) is 4.08. The summed E-state index contributed by atoms with van der Waals surface area (Å²) in [6.07, 6.45) is 0. The van der Waals surface area contributed by atoms with Crippen molar-refractivity contribution in [3.63, 3.8) is 0 Å². The van der Waals surface area contributed by atoms with E-state index in [0.717, 1.165) is 0 Å². The van der Waals surface area contributed by atoms with Crippen molar-refractivity contribution < 1.29 is 23.8 Å². The van der Waals surface area contributed by atoms with Crippen molar-refractivity contribution in [2.45, 2.75) is 6.92 Å². The van der Waals surface area contributed by atoms with Crippen molar-refractivity contribution in [1.82, 2.24) is 0 Å². The number of carboxylic acids is 1. The van der Waals surface area contributed by atoms with Gasteiger partial charge < -0.3 is 19.6 Å². The molecule has 2 aromatic rings. The highest BCUT2D eigenvalue weighted by Crippen LogP contribution is 2.23. The van der Waals surface area contributed by atoms with Gasteiger partial charge >= 0.3 is 5.97 Å². The molecule has 0 aliphatic heterocycles. The van der Waals surface area contributed by atoms with E-state index in [9.17, 15) is 9.59 Å². The fourth-order valence-electron chi connectivity index (χ4n) is 1.68. The third-order valence-electron chi connectivity index (χ3n) is 2.67. The highest BCUT2D eigenvalue weighted by molar-refractivity contribution is 6.06. The fourth-order valence-corrected chi connectivity index (χ4v) is 1.68. The molecule has 6 nitrogen and oxygen atoms in total. The van der Waals surface area contributed by atoms with Gasteiger partial charge in [-0.05, 0) is 37.3 Å². The summed E-state index contributed by atoms with van der Waals surface area (Å²) in [7, 11) is 1.44. The lowest BCUT2D eigenvalue weighted by molar-refractivity contribution is 0.0697. The van der Waals surface area contributed by atoms with Crippen LogP contribution < -0.4 is 10.1 Å². The maximum absolute atomic E-state index is 11.9. The number of aryl methyl sites for hydroxylation is 1. The molecule has 0 atom stereocenters. The van der Waals surface area contributed by atoms with Gasteiger partial charge in [-0.2, -0.15) is 0 Å². The number of amides is 1. The molecule has 0 saturated carbocycles. The number of hydrogen-bond donors (Lipinski definition) is 2. The molecule has 1 aromatic carbocycles. The van der Waals surface area contributed by atoms with Crippen LogP contribution in [0.25, 0.3) is 0 Å². The zero-order valence-electron chi connectivity index (χ0n) is 11.0. The third kappa shape index (κ3) is 2.80. The zero-order chi connectivity index (χ0) is 14.7. The highest BCUT2D eigenvalue weighted by atomic mass is 16.5. The normalized spacial score (nSPS) is 10.1. The molecule has 0 radical (unpaired) electrons. The molecule has 1 aromatic heterocycles. The summed E-state index contributed by atoms with van der Waals surface area (Å²) in [5.41, 5.74) is 0.123. The average molecular weight is 275 g/mol. The second kappa shape index (κ2) is 5.48. The summed E-state index contributed by atoms with van der Waals surface area (Å²) in [5.74, 6) is -0.548. The lowest BCUT2D eigenvalue weighted by atomic mass is 10.1. The number of aromatic carboxylic acids is 1. The number of carboxylic acid groups (broad SMARTS) is 1. The van der Waals surface area contributed by atoms with Gasteiger partial charge in [-0.15, -0.1) is 0 Å². The third-order valence-corrected chi connectivity index (χ3v) is 2.67. The summed E-state index contributed by atoms with van der Waals surface area (Å²) in [6.45, 7) is 1.72. The Morgan fingerprint density at radius 1 is 1.25 bits per heavy atom. The fraction of sp³-hybridized carbons (Fsp3) is 0.143. The van der Waals surface area contributed by atoms with Crippen molar-refractivity contribution in [2.24, 2.45) is 0 Å². The van der Waals surface area contributed by atoms with Gasteiger partial charge in [0, 0.05) is 0 Å². The van der Waals surface area contributed by atoms with Crippen LogP contribution in [0.3, 0.4) is 0 Å². The van der Waals surface area contributed by atoms with E-state index in [-0.39, 0.29) is 17.0 Å². The molecule has 0 fully saturated rings. The van der Waals surface area contributed by atoms with Crippen LogP contribution in [0.2, 0.25) is 0 Å². The first-order valence-electron chi connectivity index (χ1n) is 5.80. The van der Waals surface area contributed by atoms with Crippen molar-refractivity contribution in [3.05, 3.63) is 47.4 Å². The van der Waals surface area contributed by atoms with Crippen LogP contribution in [0.1, 0.15) is 26.7 Å². The zero-order valence-corrected chi connectivity index (χ0v) is 11.0. The van der Waals surface area contributed by atoms with E-state index in [0.29, 0.717) is 11.5 Å². The Balaban J connectivity index is 2.29. The topological polar surface area (TPSA) is 88.8 Å². The Kier molecular flexibility index (Phi) is 3.74. The molecule has 104 valence electrons. The van der Waals surface area contributed by atoms with E-state index in [1.54, 1.807) is 19.1 Å². The molecule has 0 spiro atoms. The summed E-state index contributed by atoms with van der Waals surface area (Å²) in [4.78, 5) is 23.1. The monoisotopic (exact) mass is 275 g/mol. The van der Waals surface area contributed by atoms with Crippen LogP contribution in [0.4, 0.5) is 5.69 Å². The van der Waals surface area contributed by atoms with Gasteiger partial charge in [-0.25, -0.2) is 4.79 Å². The molecule has 0 aliphatic rings. The largest absolute Gasteiger partial charge is 0.497 e. The maximum atomic E-state index is 11.9. The molecule has 2 rings (SSSR count). The minimum atomic E-state index is -1.16. The molecule has 0 bridgehead atoms. The Hall–Kier alpha value is -2.76. The van der Waals surface area contributed by atoms with Gasteiger partial charge in [0.25, 0.3) is 5.91 Å². The molecule has 0 saturated heterocycles. The number of carbonyl (C=O) groups is 2. The average Bonchev–Trinajstić information content (AvgIpc) is 2.85. The van der Waals surface area contributed by atoms with Crippen LogP contribution >= 0.6 is 0 Å². The molecule has 0 aliphatic carbocycles. The number of anilines is 1. The van der Waals surface area contributed by atoms with Gasteiger partial charge in [-0.1, -0.05) is 0 Å². The molecule has 1 heterocycles. The van der Waals surface area contributed by atoms with Crippen LogP contribution in [0, 0.1) is 6.92 Å². The second-order valence-electron chi connectivity index (χ2n) is 4.08. The van der Waals surface area contributed by atoms with Crippen LogP contribution in [-0.4, -0.2) is 24.1 Å². The predicted octanol–water partition coefficient (Wildman–Crippen LogP) is 2.55. The van der Waals surface area contributed by atoms with E-state index in [4.69, 9.17) is 14.3 Å². The first kappa shape index (κ1) is 13.7. The smallest absolute Gasteiger partial charge is 0.337 e. The van der Waals surface area contributed by atoms with E-state index in [1.807, 2.05) is 0 Å². The quantitative estimate of drug-likeness (QED) is 0.895. The molecule has 0 unspecified atom stereocenters. The van der Waals surface area contributed by atoms with Crippen LogP contribution in [0.15, 0.2) is 34.7 Å². The highest BCUT2D eigenvalue weighted by Gasteiger charge is 2.16. The number of furan rings is 1. The lowest BCUT2D eigenvalue weighted by Gasteiger charge is -2.09. The summed E-state index contributed by atoms with van der Waals surface area (Å²) in [6, 6.07) is 7.55. The molecule has 2 N–H and O–H groups in total. The van der Waals surface area contributed by atoms with Gasteiger partial charge in [0.15, 0.2) is 5.76 Å². The van der Waals surface area contributed by atoms with E-state index in [2.05, 4.69) is 5.32 Å². The predicted molar refractivity (Wildman–Crippen MR) is 71.4 cm³/mol. The van der Waals surface area contributed by atoms with Crippen molar-refractivity contribution in [2.75, 3.05) is 12.4 Å². The summed E-state index contributed by atoms with van der Waals surface area (Å²) in [5, 5.41) is 11.6. The number of carbonyl (C=O) groups excluding carboxylic acids is 1. The molecule has 20 heavy (non-hydrogen) atoms. The Labute approximate surface area is 115 Å². The van der Waals surface area contributed by atoms with Crippen LogP contribution in [-0.2, 0) is 0 Å². The van der Waals surface area contributed by atoms with E-state index < -0.39 is 11.9 Å². The summed E-state index contributed by atoms with van der Waals surface area (Å²) < 4.78 is 10.1. The molecule has 1 amide bonds. The van der Waals surface area contributed by atoms with Crippen molar-refractivity contribution >= 4 is 17.6 Å². The lowest BCUT2D eigenvalue weighted by Crippen LogP contribution is -2.14. The van der Waals surface area contributed by atoms with Crippen molar-refractivity contribution in [1.29, 1.82) is 0 Å². The Bertz CT molecular complexity index is 659. The molecular formula is C14H13NO5. The molecular weight excluding hydrogens is 262 g/mol. The van der Waals surface area contributed by atoms with Gasteiger partial charge in [0.05, 0.1) is 18.4 Å². The number of ether oxygens (including phenoxy) is 1. The van der Waals surface area contributed by atoms with E-state index in [1.165, 1.54) is 25.3 Å². The van der Waals surface area contributed by atoms with Crippen molar-refractivity contribution in [3.8, 4) is 5.75 Å². The summed E-state index contributed by atoms with van der Waals surface area (Å²) >= 11 is 0. The number of benzene rings is 1. The first-order valence-corrected chi connectivity index (χ1v) is 5.80. The number of methoxy groups -OCH3 is 1.